The molecule has 1 saturated carbocycles. The largest absolute Gasteiger partial charge is 0.379 e. The van der Waals surface area contributed by atoms with E-state index in [4.69, 9.17) is 18.9 Å². The summed E-state index contributed by atoms with van der Waals surface area (Å²) in [6, 6.07) is 0. The molecule has 0 atom stereocenters. The van der Waals surface area contributed by atoms with E-state index in [1.807, 2.05) is 13.8 Å². The lowest BCUT2D eigenvalue weighted by atomic mass is 9.95. The van der Waals surface area contributed by atoms with Gasteiger partial charge in [0, 0.05) is 19.4 Å². The van der Waals surface area contributed by atoms with Gasteiger partial charge in [-0.15, -0.1) is 0 Å². The van der Waals surface area contributed by atoms with Crippen LogP contribution in [0.15, 0.2) is 0 Å². The summed E-state index contributed by atoms with van der Waals surface area (Å²) in [5.41, 5.74) is 0. The first-order valence-electron chi connectivity index (χ1n) is 8.66. The van der Waals surface area contributed by atoms with Gasteiger partial charge in [-0.25, -0.2) is 0 Å². The molecule has 1 rings (SSSR count). The first kappa shape index (κ1) is 19.6. The number of hydrogen-bond donors (Lipinski definition) is 0. The minimum atomic E-state index is 0.244. The summed E-state index contributed by atoms with van der Waals surface area (Å²) >= 11 is 0. The predicted molar refractivity (Wildman–Crippen MR) is 85.2 cm³/mol. The van der Waals surface area contributed by atoms with Crippen molar-refractivity contribution in [2.24, 2.45) is 0 Å². The lowest BCUT2D eigenvalue weighted by Gasteiger charge is -2.28. The minimum absolute atomic E-state index is 0.244. The van der Waals surface area contributed by atoms with Crippen LogP contribution in [0.4, 0.5) is 0 Å². The Balaban J connectivity index is 1.83. The number of ether oxygens (including phenoxy) is 4. The van der Waals surface area contributed by atoms with Crippen molar-refractivity contribution in [3.8, 4) is 0 Å². The van der Waals surface area contributed by atoms with Gasteiger partial charge in [-0.2, -0.15) is 0 Å². The number of hydrogen-bond acceptors (Lipinski definition) is 5. The van der Waals surface area contributed by atoms with Gasteiger partial charge in [-0.1, -0.05) is 6.92 Å². The molecule has 0 aromatic carbocycles. The van der Waals surface area contributed by atoms with E-state index in [1.54, 1.807) is 0 Å². The second kappa shape index (κ2) is 13.0. The van der Waals surface area contributed by atoms with E-state index in [0.29, 0.717) is 58.1 Å². The summed E-state index contributed by atoms with van der Waals surface area (Å²) in [5, 5.41) is 0. The van der Waals surface area contributed by atoms with Gasteiger partial charge in [0.05, 0.1) is 45.2 Å². The molecule has 1 fully saturated rings. The molecule has 5 nitrogen and oxygen atoms in total. The van der Waals surface area contributed by atoms with E-state index in [0.717, 1.165) is 32.3 Å². The van der Waals surface area contributed by atoms with Gasteiger partial charge in [-0.05, 0) is 32.6 Å². The Labute approximate surface area is 134 Å². The van der Waals surface area contributed by atoms with Crippen LogP contribution in [-0.2, 0) is 23.7 Å². The van der Waals surface area contributed by atoms with Crippen LogP contribution >= 0.6 is 0 Å². The molecule has 0 aliphatic heterocycles. The van der Waals surface area contributed by atoms with E-state index < -0.39 is 0 Å². The fraction of sp³-hybridized carbons (Fsp3) is 0.941. The van der Waals surface area contributed by atoms with Crippen LogP contribution in [0.5, 0.6) is 0 Å². The highest BCUT2D eigenvalue weighted by molar-refractivity contribution is 5.78. The van der Waals surface area contributed by atoms with E-state index in [-0.39, 0.29) is 5.78 Å². The second-order valence-corrected chi connectivity index (χ2v) is 5.59. The molecular weight excluding hydrogens is 284 g/mol. The van der Waals surface area contributed by atoms with Crippen molar-refractivity contribution in [3.63, 3.8) is 0 Å². The molecule has 130 valence electrons. The molecule has 1 aliphatic rings. The Kier molecular flexibility index (Phi) is 11.6. The monoisotopic (exact) mass is 316 g/mol. The maximum absolute atomic E-state index is 11.1. The van der Waals surface area contributed by atoms with Gasteiger partial charge in [0.2, 0.25) is 0 Å². The second-order valence-electron chi connectivity index (χ2n) is 5.59. The highest BCUT2D eigenvalue weighted by atomic mass is 16.5. The molecule has 0 saturated heterocycles. The molecule has 0 unspecified atom stereocenters. The van der Waals surface area contributed by atoms with Crippen LogP contribution in [0.1, 0.15) is 52.4 Å². The molecular formula is C17H32O5. The normalized spacial score (nSPS) is 21.9. The van der Waals surface area contributed by atoms with Crippen LogP contribution in [-0.4, -0.2) is 57.6 Å². The van der Waals surface area contributed by atoms with E-state index >= 15 is 0 Å². The molecule has 0 radical (unpaired) electrons. The molecule has 0 aromatic rings. The maximum atomic E-state index is 11.1. The Morgan fingerprint density at radius 1 is 0.818 bits per heavy atom. The van der Waals surface area contributed by atoms with E-state index in [2.05, 4.69) is 0 Å². The molecule has 0 heterocycles. The highest BCUT2D eigenvalue weighted by Crippen LogP contribution is 2.23. The SMILES string of the molecule is CCOC1CCC(OCCOCCOCCC(=O)CC)CC1. The van der Waals surface area contributed by atoms with Gasteiger partial charge in [-0.3, -0.25) is 4.79 Å². The molecule has 1 aliphatic carbocycles. The van der Waals surface area contributed by atoms with Gasteiger partial charge in [0.1, 0.15) is 5.78 Å². The van der Waals surface area contributed by atoms with Gasteiger partial charge in [0.25, 0.3) is 0 Å². The molecule has 0 spiro atoms. The number of ketones is 1. The first-order valence-corrected chi connectivity index (χ1v) is 8.66. The van der Waals surface area contributed by atoms with Crippen molar-refractivity contribution in [2.45, 2.75) is 64.6 Å². The fourth-order valence-corrected chi connectivity index (χ4v) is 2.56. The Bertz CT molecular complexity index is 274. The van der Waals surface area contributed by atoms with Crippen molar-refractivity contribution in [3.05, 3.63) is 0 Å². The van der Waals surface area contributed by atoms with Gasteiger partial charge >= 0.3 is 0 Å². The fourth-order valence-electron chi connectivity index (χ4n) is 2.56. The Hall–Kier alpha value is -0.490. The lowest BCUT2D eigenvalue weighted by molar-refractivity contribution is -0.120. The zero-order valence-electron chi connectivity index (χ0n) is 14.2. The van der Waals surface area contributed by atoms with E-state index in [1.165, 1.54) is 0 Å². The number of carbonyl (C=O) groups is 1. The number of Topliss-reactive ketones (excluding diaryl/α,β-unsaturated/α-hetero) is 1. The van der Waals surface area contributed by atoms with Crippen molar-refractivity contribution in [1.29, 1.82) is 0 Å². The summed E-state index contributed by atoms with van der Waals surface area (Å²) in [6.07, 6.45) is 6.24. The quantitative estimate of drug-likeness (QED) is 0.489. The first-order chi connectivity index (χ1) is 10.8. The van der Waals surface area contributed by atoms with Crippen LogP contribution in [0.2, 0.25) is 0 Å². The lowest BCUT2D eigenvalue weighted by Crippen LogP contribution is -2.27. The standard InChI is InChI=1S/C17H32O5/c1-3-15(18)9-10-19-11-12-20-13-14-22-17-7-5-16(6-8-17)21-4-2/h16-17H,3-14H2,1-2H3. The molecule has 22 heavy (non-hydrogen) atoms. The topological polar surface area (TPSA) is 54.0 Å². The molecule has 0 aromatic heterocycles. The number of carbonyl (C=O) groups excluding carboxylic acids is 1. The van der Waals surface area contributed by atoms with Crippen molar-refractivity contribution >= 4 is 5.78 Å². The van der Waals surface area contributed by atoms with Gasteiger partial charge < -0.3 is 18.9 Å². The Morgan fingerprint density at radius 3 is 1.95 bits per heavy atom. The predicted octanol–water partition coefficient (Wildman–Crippen LogP) is 2.75. The molecule has 0 bridgehead atoms. The summed E-state index contributed by atoms with van der Waals surface area (Å²) in [6.45, 7) is 7.55. The van der Waals surface area contributed by atoms with Crippen LogP contribution in [0.25, 0.3) is 0 Å². The number of rotatable bonds is 13. The minimum Gasteiger partial charge on any atom is -0.379 e. The maximum Gasteiger partial charge on any atom is 0.134 e. The summed E-state index contributed by atoms with van der Waals surface area (Å²) in [4.78, 5) is 11.1. The molecule has 5 heteroatoms. The van der Waals surface area contributed by atoms with Crippen molar-refractivity contribution < 1.29 is 23.7 Å². The third-order valence-corrected chi connectivity index (χ3v) is 3.90. The zero-order valence-corrected chi connectivity index (χ0v) is 14.2. The van der Waals surface area contributed by atoms with E-state index in [9.17, 15) is 4.79 Å². The summed E-state index contributed by atoms with van der Waals surface area (Å²) in [7, 11) is 0. The highest BCUT2D eigenvalue weighted by Gasteiger charge is 2.21. The Morgan fingerprint density at radius 2 is 1.36 bits per heavy atom. The van der Waals surface area contributed by atoms with Crippen molar-refractivity contribution in [1.82, 2.24) is 0 Å². The van der Waals surface area contributed by atoms with Crippen LogP contribution in [0.3, 0.4) is 0 Å². The third kappa shape index (κ3) is 9.51. The smallest absolute Gasteiger partial charge is 0.134 e. The van der Waals surface area contributed by atoms with Crippen molar-refractivity contribution in [2.75, 3.05) is 39.6 Å². The molecule has 0 N–H and O–H groups in total. The average molecular weight is 316 g/mol. The zero-order chi connectivity index (χ0) is 16.0. The molecule has 0 amide bonds. The summed E-state index contributed by atoms with van der Waals surface area (Å²) < 4.78 is 22.2. The summed E-state index contributed by atoms with van der Waals surface area (Å²) in [5.74, 6) is 0.244. The third-order valence-electron chi connectivity index (χ3n) is 3.90. The van der Waals surface area contributed by atoms with Gasteiger partial charge in [0.15, 0.2) is 0 Å². The van der Waals surface area contributed by atoms with Crippen LogP contribution in [0, 0.1) is 0 Å². The average Bonchev–Trinajstić information content (AvgIpc) is 2.54. The van der Waals surface area contributed by atoms with Crippen LogP contribution < -0.4 is 0 Å².